The summed E-state index contributed by atoms with van der Waals surface area (Å²) in [5.41, 5.74) is 2.44. The van der Waals surface area contributed by atoms with Crippen molar-refractivity contribution >= 4 is 0 Å². The summed E-state index contributed by atoms with van der Waals surface area (Å²) in [4.78, 5) is 0. The summed E-state index contributed by atoms with van der Waals surface area (Å²) in [7, 11) is 0. The van der Waals surface area contributed by atoms with Gasteiger partial charge >= 0.3 is 0 Å². The van der Waals surface area contributed by atoms with E-state index in [0.717, 1.165) is 16.7 Å². The average Bonchev–Trinajstić information content (AvgIpc) is 2.09. The van der Waals surface area contributed by atoms with Gasteiger partial charge in [-0.2, -0.15) is 0 Å². The van der Waals surface area contributed by atoms with E-state index >= 15 is 0 Å². The van der Waals surface area contributed by atoms with Crippen LogP contribution >= 0.6 is 0 Å². The first-order chi connectivity index (χ1) is 7.89. The molecule has 0 aliphatic heterocycles. The van der Waals surface area contributed by atoms with Crippen LogP contribution in [0.3, 0.4) is 0 Å². The third kappa shape index (κ3) is 2.62. The van der Waals surface area contributed by atoms with Gasteiger partial charge in [0.2, 0.25) is 0 Å². The van der Waals surface area contributed by atoms with E-state index in [-0.39, 0.29) is 29.0 Å². The summed E-state index contributed by atoms with van der Waals surface area (Å²) in [5, 5.41) is 0. The van der Waals surface area contributed by atoms with Crippen LogP contribution in [-0.2, 0) is 10.8 Å². The van der Waals surface area contributed by atoms with Gasteiger partial charge in [0.05, 0.1) is 4.11 Å². The van der Waals surface area contributed by atoms with Crippen LogP contribution in [0.25, 0.3) is 0 Å². The molecule has 0 aliphatic carbocycles. The zero-order chi connectivity index (χ0) is 14.5. The molecule has 0 nitrogen and oxygen atoms in total. The van der Waals surface area contributed by atoms with Gasteiger partial charge in [0.25, 0.3) is 0 Å². The summed E-state index contributed by atoms with van der Waals surface area (Å²) in [6.45, 7) is 14.3. The Kier molecular flexibility index (Phi) is 2.05. The van der Waals surface area contributed by atoms with Crippen molar-refractivity contribution in [2.24, 2.45) is 0 Å². The highest BCUT2D eigenvalue weighted by Gasteiger charge is 2.22. The summed E-state index contributed by atoms with van der Waals surface area (Å²) in [6, 6.07) is 0.464. The molecule has 0 N–H and O–H groups in total. The third-order valence-corrected chi connectivity index (χ3v) is 2.62. The third-order valence-electron chi connectivity index (χ3n) is 2.62. The molecule has 1 rings (SSSR count). The van der Waals surface area contributed by atoms with E-state index < -0.39 is 0 Å². The van der Waals surface area contributed by atoms with Crippen molar-refractivity contribution in [1.82, 2.24) is 0 Å². The van der Waals surface area contributed by atoms with Crippen molar-refractivity contribution in [2.45, 2.75) is 59.3 Å². The first-order valence-electron chi connectivity index (χ1n) is 7.00. The molecule has 0 saturated heterocycles. The zero-order valence-electron chi connectivity index (χ0n) is 14.0. The van der Waals surface area contributed by atoms with Crippen molar-refractivity contribution in [3.05, 3.63) is 34.8 Å². The van der Waals surface area contributed by atoms with Gasteiger partial charge in [0.1, 0.15) is 0 Å². The predicted octanol–water partition coefficient (Wildman–Crippen LogP) is 4.59. The maximum Gasteiger partial charge on any atom is 0.0626 e. The van der Waals surface area contributed by atoms with Gasteiger partial charge in [-0.25, -0.2) is 0 Å². The van der Waals surface area contributed by atoms with Crippen LogP contribution in [-0.4, -0.2) is 0 Å². The summed E-state index contributed by atoms with van der Waals surface area (Å²) >= 11 is 0. The van der Waals surface area contributed by atoms with Gasteiger partial charge in [0.15, 0.2) is 0 Å². The van der Waals surface area contributed by atoms with Crippen LogP contribution < -0.4 is 0 Å². The molecule has 0 bridgehead atoms. The second-order valence-corrected chi connectivity index (χ2v) is 6.25. The van der Waals surface area contributed by atoms with Gasteiger partial charge < -0.3 is 0 Å². The Morgan fingerprint density at radius 1 is 0.867 bits per heavy atom. The van der Waals surface area contributed by atoms with E-state index in [1.807, 2.05) is 6.92 Å². The van der Waals surface area contributed by atoms with Crippen molar-refractivity contribution in [2.75, 3.05) is 0 Å². The lowest BCUT2D eigenvalue weighted by Gasteiger charge is -2.28. The molecule has 0 amide bonds. The molecular weight excluding hydrogens is 180 g/mol. The lowest BCUT2D eigenvalue weighted by Crippen LogP contribution is -2.19. The fourth-order valence-electron chi connectivity index (χ4n) is 1.97. The van der Waals surface area contributed by atoms with Crippen LogP contribution in [0.15, 0.2) is 18.1 Å². The quantitative estimate of drug-likeness (QED) is 0.583. The molecule has 0 spiro atoms. The minimum atomic E-state index is -0.176. The molecule has 0 aliphatic rings. The minimum Gasteiger partial charge on any atom is -0.0617 e. The van der Waals surface area contributed by atoms with Crippen LogP contribution in [0.4, 0.5) is 0 Å². The molecule has 0 aromatic heterocycles. The van der Waals surface area contributed by atoms with Gasteiger partial charge in [-0.05, 0) is 34.4 Å². The molecule has 0 fully saturated rings. The highest BCUT2D eigenvalue weighted by atomic mass is 14.3. The SMILES string of the molecule is [2H]c1c([2H])c(C(C)(C)C)c(C)c(C(C)(C)C)c1[2H]. The van der Waals surface area contributed by atoms with Crippen LogP contribution in [0.5, 0.6) is 0 Å². The Labute approximate surface area is 98.9 Å². The monoisotopic (exact) mass is 207 g/mol. The van der Waals surface area contributed by atoms with Crippen LogP contribution in [0.2, 0.25) is 0 Å². The fourth-order valence-corrected chi connectivity index (χ4v) is 1.97. The topological polar surface area (TPSA) is 0 Å². The van der Waals surface area contributed by atoms with Crippen LogP contribution in [0.1, 0.15) is 62.3 Å². The normalized spacial score (nSPS) is 15.8. The first-order valence-corrected chi connectivity index (χ1v) is 5.50. The number of hydrogen-bond acceptors (Lipinski definition) is 0. The molecular formula is C15H24. The molecule has 0 saturated carbocycles. The predicted molar refractivity (Wildman–Crippen MR) is 68.6 cm³/mol. The van der Waals surface area contributed by atoms with Gasteiger partial charge in [-0.1, -0.05) is 59.7 Å². The summed E-state index contributed by atoms with van der Waals surface area (Å²) in [5.74, 6) is 0. The number of hydrogen-bond donors (Lipinski definition) is 0. The number of benzene rings is 1. The Hall–Kier alpha value is -0.780. The van der Waals surface area contributed by atoms with E-state index in [0.29, 0.717) is 0 Å². The maximum absolute atomic E-state index is 8.13. The molecule has 0 unspecified atom stereocenters. The van der Waals surface area contributed by atoms with E-state index in [1.165, 1.54) is 0 Å². The van der Waals surface area contributed by atoms with E-state index in [1.54, 1.807) is 0 Å². The molecule has 0 radical (unpaired) electrons. The highest BCUT2D eigenvalue weighted by Crippen LogP contribution is 2.32. The second-order valence-electron chi connectivity index (χ2n) is 6.25. The standard InChI is InChI=1S/C15H24/c1-11-12(14(2,3)4)9-8-10-13(11)15(5,6)7/h8-10H,1-7H3/i8D,9D,10D. The zero-order valence-corrected chi connectivity index (χ0v) is 11.0. The number of rotatable bonds is 0. The van der Waals surface area contributed by atoms with Gasteiger partial charge in [-0.3, -0.25) is 0 Å². The second kappa shape index (κ2) is 3.66. The van der Waals surface area contributed by atoms with Crippen molar-refractivity contribution in [1.29, 1.82) is 0 Å². The Bertz CT molecular complexity index is 433. The molecule has 0 atom stereocenters. The summed E-state index contributed by atoms with van der Waals surface area (Å²) in [6.07, 6.45) is 0. The molecule has 0 heterocycles. The molecule has 15 heavy (non-hydrogen) atoms. The van der Waals surface area contributed by atoms with Gasteiger partial charge in [0, 0.05) is 0 Å². The Balaban J connectivity index is 3.83. The van der Waals surface area contributed by atoms with Crippen molar-refractivity contribution < 1.29 is 4.11 Å². The van der Waals surface area contributed by atoms with Gasteiger partial charge in [-0.15, -0.1) is 0 Å². The maximum atomic E-state index is 8.13. The van der Waals surface area contributed by atoms with Crippen LogP contribution in [0, 0.1) is 6.92 Å². The molecule has 84 valence electrons. The lowest BCUT2D eigenvalue weighted by atomic mass is 9.77. The van der Waals surface area contributed by atoms with E-state index in [4.69, 9.17) is 4.11 Å². The largest absolute Gasteiger partial charge is 0.0626 e. The van der Waals surface area contributed by atoms with E-state index in [9.17, 15) is 0 Å². The fraction of sp³-hybridized carbons (Fsp3) is 0.600. The molecule has 1 aromatic rings. The minimum absolute atomic E-state index is 0.0513. The average molecular weight is 207 g/mol. The molecule has 1 aromatic carbocycles. The lowest BCUT2D eigenvalue weighted by molar-refractivity contribution is 0.561. The van der Waals surface area contributed by atoms with E-state index in [2.05, 4.69) is 41.5 Å². The molecule has 0 heteroatoms. The smallest absolute Gasteiger partial charge is 0.0617 e. The highest BCUT2D eigenvalue weighted by molar-refractivity contribution is 5.41. The Morgan fingerprint density at radius 2 is 1.20 bits per heavy atom. The van der Waals surface area contributed by atoms with Crippen molar-refractivity contribution in [3.63, 3.8) is 0 Å². The summed E-state index contributed by atoms with van der Waals surface area (Å²) < 4.78 is 24.3. The Morgan fingerprint density at radius 3 is 1.47 bits per heavy atom. The van der Waals surface area contributed by atoms with Crippen molar-refractivity contribution in [3.8, 4) is 0 Å². The first kappa shape index (κ1) is 8.38.